The van der Waals surface area contributed by atoms with E-state index in [1.807, 2.05) is 0 Å². The molecule has 0 aromatic heterocycles. The van der Waals surface area contributed by atoms with Gasteiger partial charge in [-0.25, -0.2) is 0 Å². The lowest BCUT2D eigenvalue weighted by Crippen LogP contribution is -2.31. The van der Waals surface area contributed by atoms with Crippen molar-refractivity contribution in [2.24, 2.45) is 35.5 Å². The molecule has 0 heterocycles. The third-order valence-electron chi connectivity index (χ3n) is 5.56. The second kappa shape index (κ2) is 6.07. The van der Waals surface area contributed by atoms with Gasteiger partial charge >= 0.3 is 0 Å². The standard InChI is InChI=1S/C16H32/c1-11(2)13(4)14(5)15(6)16-10-8-7-9-12(16)3/h11-16H,7-10H2,1-6H3. The summed E-state index contributed by atoms with van der Waals surface area (Å²) in [5, 5.41) is 0. The average molecular weight is 224 g/mol. The maximum atomic E-state index is 2.51. The van der Waals surface area contributed by atoms with Crippen molar-refractivity contribution in [1.82, 2.24) is 0 Å². The molecular formula is C16H32. The smallest absolute Gasteiger partial charge is 0.0360 e. The molecule has 0 N–H and O–H groups in total. The predicted molar refractivity (Wildman–Crippen MR) is 73.5 cm³/mol. The fourth-order valence-corrected chi connectivity index (χ4v) is 3.60. The van der Waals surface area contributed by atoms with E-state index in [0.29, 0.717) is 0 Å². The summed E-state index contributed by atoms with van der Waals surface area (Å²) in [7, 11) is 0. The van der Waals surface area contributed by atoms with Crippen LogP contribution in [0.2, 0.25) is 0 Å². The molecule has 0 aromatic carbocycles. The van der Waals surface area contributed by atoms with Gasteiger partial charge in [-0.15, -0.1) is 0 Å². The monoisotopic (exact) mass is 224 g/mol. The third-order valence-corrected chi connectivity index (χ3v) is 5.56. The van der Waals surface area contributed by atoms with E-state index in [4.69, 9.17) is 0 Å². The van der Waals surface area contributed by atoms with E-state index in [-0.39, 0.29) is 0 Å². The van der Waals surface area contributed by atoms with E-state index < -0.39 is 0 Å². The lowest BCUT2D eigenvalue weighted by atomic mass is 9.66. The highest BCUT2D eigenvalue weighted by Crippen LogP contribution is 2.40. The molecule has 1 rings (SSSR count). The highest BCUT2D eigenvalue weighted by Gasteiger charge is 2.32. The Morgan fingerprint density at radius 2 is 1.38 bits per heavy atom. The van der Waals surface area contributed by atoms with Crippen LogP contribution in [-0.2, 0) is 0 Å². The molecule has 5 unspecified atom stereocenters. The van der Waals surface area contributed by atoms with Gasteiger partial charge in [0.05, 0.1) is 0 Å². The van der Waals surface area contributed by atoms with Crippen molar-refractivity contribution in [2.45, 2.75) is 67.2 Å². The molecule has 0 radical (unpaired) electrons. The molecule has 0 aliphatic heterocycles. The Morgan fingerprint density at radius 1 is 0.812 bits per heavy atom. The Labute approximate surface area is 103 Å². The van der Waals surface area contributed by atoms with E-state index in [0.717, 1.165) is 35.5 Å². The van der Waals surface area contributed by atoms with Gasteiger partial charge < -0.3 is 0 Å². The summed E-state index contributed by atoms with van der Waals surface area (Å²) >= 11 is 0. The van der Waals surface area contributed by atoms with Crippen molar-refractivity contribution in [3.05, 3.63) is 0 Å². The van der Waals surface area contributed by atoms with Crippen LogP contribution in [0.4, 0.5) is 0 Å². The molecule has 0 spiro atoms. The SMILES string of the molecule is CC(C)C(C)C(C)C(C)C1CCCCC1C. The topological polar surface area (TPSA) is 0 Å². The Morgan fingerprint density at radius 3 is 1.88 bits per heavy atom. The molecule has 96 valence electrons. The van der Waals surface area contributed by atoms with Gasteiger partial charge in [-0.05, 0) is 41.9 Å². The van der Waals surface area contributed by atoms with Gasteiger partial charge in [-0.2, -0.15) is 0 Å². The molecule has 16 heavy (non-hydrogen) atoms. The van der Waals surface area contributed by atoms with Gasteiger partial charge in [0.2, 0.25) is 0 Å². The summed E-state index contributed by atoms with van der Waals surface area (Å²) < 4.78 is 0. The molecule has 1 fully saturated rings. The highest BCUT2D eigenvalue weighted by atomic mass is 14.4. The first-order valence-corrected chi connectivity index (χ1v) is 7.45. The lowest BCUT2D eigenvalue weighted by Gasteiger charge is -2.39. The number of rotatable bonds is 4. The minimum absolute atomic E-state index is 0.830. The molecule has 0 nitrogen and oxygen atoms in total. The Bertz CT molecular complexity index is 194. The largest absolute Gasteiger partial charge is 0.0625 e. The van der Waals surface area contributed by atoms with E-state index in [2.05, 4.69) is 41.5 Å². The quantitative estimate of drug-likeness (QED) is 0.601. The summed E-state index contributed by atoms with van der Waals surface area (Å²) in [5.74, 6) is 5.44. The minimum atomic E-state index is 0.830. The Hall–Kier alpha value is 0. The summed E-state index contributed by atoms with van der Waals surface area (Å²) in [6, 6.07) is 0. The van der Waals surface area contributed by atoms with Gasteiger partial charge in [0.1, 0.15) is 0 Å². The Balaban J connectivity index is 2.57. The van der Waals surface area contributed by atoms with Crippen LogP contribution in [0.15, 0.2) is 0 Å². The number of hydrogen-bond acceptors (Lipinski definition) is 0. The first-order valence-electron chi connectivity index (χ1n) is 7.45. The molecule has 0 saturated heterocycles. The van der Waals surface area contributed by atoms with Gasteiger partial charge in [0.25, 0.3) is 0 Å². The van der Waals surface area contributed by atoms with E-state index in [1.165, 1.54) is 25.7 Å². The van der Waals surface area contributed by atoms with Crippen LogP contribution in [0.5, 0.6) is 0 Å². The van der Waals surface area contributed by atoms with Crippen molar-refractivity contribution in [2.75, 3.05) is 0 Å². The molecule has 0 amide bonds. The van der Waals surface area contributed by atoms with Crippen LogP contribution in [0.25, 0.3) is 0 Å². The molecule has 0 aromatic rings. The van der Waals surface area contributed by atoms with Gasteiger partial charge in [-0.3, -0.25) is 0 Å². The molecule has 1 aliphatic carbocycles. The van der Waals surface area contributed by atoms with Crippen LogP contribution >= 0.6 is 0 Å². The summed E-state index contributed by atoms with van der Waals surface area (Å²) in [4.78, 5) is 0. The fourth-order valence-electron chi connectivity index (χ4n) is 3.60. The van der Waals surface area contributed by atoms with Crippen molar-refractivity contribution in [3.8, 4) is 0 Å². The van der Waals surface area contributed by atoms with Crippen molar-refractivity contribution >= 4 is 0 Å². The van der Waals surface area contributed by atoms with Gasteiger partial charge in [-0.1, -0.05) is 60.8 Å². The van der Waals surface area contributed by atoms with Crippen molar-refractivity contribution in [3.63, 3.8) is 0 Å². The second-order valence-corrected chi connectivity index (χ2v) is 6.75. The maximum Gasteiger partial charge on any atom is -0.0360 e. The van der Waals surface area contributed by atoms with Crippen LogP contribution in [-0.4, -0.2) is 0 Å². The van der Waals surface area contributed by atoms with Crippen LogP contribution < -0.4 is 0 Å². The predicted octanol–water partition coefficient (Wildman–Crippen LogP) is 5.38. The summed E-state index contributed by atoms with van der Waals surface area (Å²) in [5.41, 5.74) is 0. The number of hydrogen-bond donors (Lipinski definition) is 0. The minimum Gasteiger partial charge on any atom is -0.0625 e. The van der Waals surface area contributed by atoms with Crippen LogP contribution in [0.1, 0.15) is 67.2 Å². The molecule has 1 aliphatic rings. The highest BCUT2D eigenvalue weighted by molar-refractivity contribution is 4.81. The zero-order chi connectivity index (χ0) is 12.3. The third kappa shape index (κ3) is 3.25. The first kappa shape index (κ1) is 14.1. The molecule has 1 saturated carbocycles. The van der Waals surface area contributed by atoms with E-state index in [9.17, 15) is 0 Å². The van der Waals surface area contributed by atoms with Gasteiger partial charge in [0.15, 0.2) is 0 Å². The lowest BCUT2D eigenvalue weighted by molar-refractivity contribution is 0.103. The fraction of sp³-hybridized carbons (Fsp3) is 1.00. The maximum absolute atomic E-state index is 2.51. The molecule has 5 atom stereocenters. The molecular weight excluding hydrogens is 192 g/mol. The van der Waals surface area contributed by atoms with Crippen LogP contribution in [0, 0.1) is 35.5 Å². The van der Waals surface area contributed by atoms with Gasteiger partial charge in [0, 0.05) is 0 Å². The molecule has 0 bridgehead atoms. The van der Waals surface area contributed by atoms with E-state index in [1.54, 1.807) is 0 Å². The zero-order valence-electron chi connectivity index (χ0n) is 12.3. The van der Waals surface area contributed by atoms with Crippen LogP contribution in [0.3, 0.4) is 0 Å². The molecule has 0 heteroatoms. The van der Waals surface area contributed by atoms with E-state index >= 15 is 0 Å². The first-order chi connectivity index (χ1) is 7.45. The van der Waals surface area contributed by atoms with Crippen molar-refractivity contribution < 1.29 is 0 Å². The average Bonchev–Trinajstić information content (AvgIpc) is 2.26. The Kier molecular flexibility index (Phi) is 5.34. The zero-order valence-corrected chi connectivity index (χ0v) is 12.3. The second-order valence-electron chi connectivity index (χ2n) is 6.75. The van der Waals surface area contributed by atoms with Crippen molar-refractivity contribution in [1.29, 1.82) is 0 Å². The summed E-state index contributed by atoms with van der Waals surface area (Å²) in [6.45, 7) is 14.7. The summed E-state index contributed by atoms with van der Waals surface area (Å²) in [6.07, 6.45) is 5.90. The normalized spacial score (nSPS) is 32.4.